The van der Waals surface area contributed by atoms with Crippen molar-refractivity contribution < 1.29 is 9.53 Å². The minimum atomic E-state index is -0.369. The molecule has 4 aromatic rings. The van der Waals surface area contributed by atoms with Gasteiger partial charge in [0.25, 0.3) is 5.91 Å². The number of aromatic amines is 1. The van der Waals surface area contributed by atoms with Gasteiger partial charge in [0, 0.05) is 0 Å². The van der Waals surface area contributed by atoms with Gasteiger partial charge in [-0.3, -0.25) is 9.89 Å². The summed E-state index contributed by atoms with van der Waals surface area (Å²) in [5.74, 6) is 0.325. The second kappa shape index (κ2) is 7.98. The van der Waals surface area contributed by atoms with Crippen molar-refractivity contribution >= 4 is 22.9 Å². The number of nitrogens with one attached hydrogen (secondary N) is 2. The van der Waals surface area contributed by atoms with E-state index in [1.807, 2.05) is 67.6 Å². The Kier molecular flexibility index (Phi) is 5.07. The average molecular weight is 384 g/mol. The number of nitrogens with zero attached hydrogens (tertiary/aromatic N) is 2. The minimum Gasteiger partial charge on any atom is -0.496 e. The SMILES string of the molecule is COc1ccc2ccccc2c1-c1cc(C(=O)NN=Cc2ccc(C)cc2)[nH]n1. The van der Waals surface area contributed by atoms with E-state index >= 15 is 0 Å². The maximum absolute atomic E-state index is 12.4. The highest BCUT2D eigenvalue weighted by Gasteiger charge is 2.16. The van der Waals surface area contributed by atoms with Gasteiger partial charge in [-0.2, -0.15) is 10.2 Å². The third-order valence-electron chi connectivity index (χ3n) is 4.65. The quantitative estimate of drug-likeness (QED) is 0.397. The summed E-state index contributed by atoms with van der Waals surface area (Å²) >= 11 is 0. The molecule has 1 aromatic heterocycles. The maximum Gasteiger partial charge on any atom is 0.289 e. The van der Waals surface area contributed by atoms with Crippen molar-refractivity contribution in [1.29, 1.82) is 0 Å². The van der Waals surface area contributed by atoms with Crippen molar-refractivity contribution in [2.24, 2.45) is 5.10 Å². The first-order chi connectivity index (χ1) is 14.2. The number of methoxy groups -OCH3 is 1. The largest absolute Gasteiger partial charge is 0.496 e. The van der Waals surface area contributed by atoms with Crippen LogP contribution in [-0.2, 0) is 0 Å². The molecule has 144 valence electrons. The molecule has 0 aliphatic carbocycles. The van der Waals surface area contributed by atoms with E-state index in [-0.39, 0.29) is 5.91 Å². The molecule has 2 N–H and O–H groups in total. The molecule has 1 heterocycles. The van der Waals surface area contributed by atoms with E-state index in [4.69, 9.17) is 4.74 Å². The van der Waals surface area contributed by atoms with Crippen molar-refractivity contribution in [3.63, 3.8) is 0 Å². The van der Waals surface area contributed by atoms with Crippen LogP contribution in [0.2, 0.25) is 0 Å². The molecule has 0 unspecified atom stereocenters. The van der Waals surface area contributed by atoms with E-state index in [1.54, 1.807) is 19.4 Å². The number of hydrazone groups is 1. The summed E-state index contributed by atoms with van der Waals surface area (Å²) in [5.41, 5.74) is 6.38. The molecule has 6 nitrogen and oxygen atoms in total. The predicted octanol–water partition coefficient (Wildman–Crippen LogP) is 4.31. The summed E-state index contributed by atoms with van der Waals surface area (Å²) in [5, 5.41) is 13.2. The van der Waals surface area contributed by atoms with Gasteiger partial charge in [-0.25, -0.2) is 5.43 Å². The Hall–Kier alpha value is -3.93. The van der Waals surface area contributed by atoms with Gasteiger partial charge in [-0.1, -0.05) is 60.2 Å². The van der Waals surface area contributed by atoms with Crippen molar-refractivity contribution in [3.05, 3.63) is 83.6 Å². The molecule has 0 saturated heterocycles. The van der Waals surface area contributed by atoms with Crippen LogP contribution in [0.5, 0.6) is 5.75 Å². The Bertz CT molecular complexity index is 1190. The molecule has 1 amide bonds. The van der Waals surface area contributed by atoms with Gasteiger partial charge in [0.2, 0.25) is 0 Å². The van der Waals surface area contributed by atoms with Crippen molar-refractivity contribution in [2.75, 3.05) is 7.11 Å². The van der Waals surface area contributed by atoms with E-state index < -0.39 is 0 Å². The Morgan fingerprint density at radius 2 is 1.90 bits per heavy atom. The first kappa shape index (κ1) is 18.4. The lowest BCUT2D eigenvalue weighted by atomic mass is 10.0. The van der Waals surface area contributed by atoms with E-state index in [0.717, 1.165) is 21.9 Å². The third-order valence-corrected chi connectivity index (χ3v) is 4.65. The summed E-state index contributed by atoms with van der Waals surface area (Å²) in [6.45, 7) is 2.02. The number of carbonyl (C=O) groups is 1. The fourth-order valence-electron chi connectivity index (χ4n) is 3.13. The zero-order chi connectivity index (χ0) is 20.2. The summed E-state index contributed by atoms with van der Waals surface area (Å²) in [6.07, 6.45) is 1.60. The molecule has 3 aromatic carbocycles. The molecular formula is C23H20N4O2. The van der Waals surface area contributed by atoms with Crippen LogP contribution < -0.4 is 10.2 Å². The fourth-order valence-corrected chi connectivity index (χ4v) is 3.13. The molecule has 0 radical (unpaired) electrons. The second-order valence-electron chi connectivity index (χ2n) is 6.64. The minimum absolute atomic E-state index is 0.316. The third kappa shape index (κ3) is 3.87. The van der Waals surface area contributed by atoms with Gasteiger partial charge in [0.05, 0.1) is 24.6 Å². The molecule has 29 heavy (non-hydrogen) atoms. The first-order valence-electron chi connectivity index (χ1n) is 9.17. The number of aryl methyl sites for hydroxylation is 1. The molecule has 4 rings (SSSR count). The molecule has 0 aliphatic rings. The number of rotatable bonds is 5. The van der Waals surface area contributed by atoms with Crippen LogP contribution in [0.1, 0.15) is 21.6 Å². The lowest BCUT2D eigenvalue weighted by Gasteiger charge is -2.09. The number of H-pyrrole nitrogens is 1. The highest BCUT2D eigenvalue weighted by Crippen LogP contribution is 2.36. The lowest BCUT2D eigenvalue weighted by molar-refractivity contribution is 0.0950. The zero-order valence-corrected chi connectivity index (χ0v) is 16.1. The second-order valence-corrected chi connectivity index (χ2v) is 6.64. The summed E-state index contributed by atoms with van der Waals surface area (Å²) in [7, 11) is 1.62. The first-order valence-corrected chi connectivity index (χ1v) is 9.17. The van der Waals surface area contributed by atoms with Crippen LogP contribution in [0.4, 0.5) is 0 Å². The highest BCUT2D eigenvalue weighted by atomic mass is 16.5. The highest BCUT2D eigenvalue weighted by molar-refractivity contribution is 6.00. The van der Waals surface area contributed by atoms with E-state index in [0.29, 0.717) is 17.1 Å². The molecular weight excluding hydrogens is 364 g/mol. The Morgan fingerprint density at radius 1 is 1.10 bits per heavy atom. The average Bonchev–Trinajstić information content (AvgIpc) is 3.24. The topological polar surface area (TPSA) is 79.4 Å². The van der Waals surface area contributed by atoms with Crippen LogP contribution in [0.3, 0.4) is 0 Å². The van der Waals surface area contributed by atoms with Gasteiger partial charge in [-0.05, 0) is 35.4 Å². The number of ether oxygens (including phenoxy) is 1. The summed E-state index contributed by atoms with van der Waals surface area (Å²) < 4.78 is 5.52. The lowest BCUT2D eigenvalue weighted by Crippen LogP contribution is -2.17. The molecule has 0 spiro atoms. The molecule has 0 saturated carbocycles. The van der Waals surface area contributed by atoms with Gasteiger partial charge >= 0.3 is 0 Å². The molecule has 0 bridgehead atoms. The van der Waals surface area contributed by atoms with Crippen LogP contribution >= 0.6 is 0 Å². The van der Waals surface area contributed by atoms with Crippen molar-refractivity contribution in [1.82, 2.24) is 15.6 Å². The number of aromatic nitrogens is 2. The van der Waals surface area contributed by atoms with Gasteiger partial charge < -0.3 is 4.74 Å². The van der Waals surface area contributed by atoms with Crippen LogP contribution in [0, 0.1) is 6.92 Å². The molecule has 0 aliphatic heterocycles. The van der Waals surface area contributed by atoms with Crippen LogP contribution in [0.15, 0.2) is 71.8 Å². The normalized spacial score (nSPS) is 11.1. The number of benzene rings is 3. The molecule has 0 fully saturated rings. The number of hydrogen-bond acceptors (Lipinski definition) is 4. The summed E-state index contributed by atoms with van der Waals surface area (Å²) in [4.78, 5) is 12.4. The van der Waals surface area contributed by atoms with Crippen molar-refractivity contribution in [3.8, 4) is 17.0 Å². The predicted molar refractivity (Wildman–Crippen MR) is 114 cm³/mol. The van der Waals surface area contributed by atoms with Gasteiger partial charge in [-0.15, -0.1) is 0 Å². The monoisotopic (exact) mass is 384 g/mol. The Balaban J connectivity index is 1.58. The maximum atomic E-state index is 12.4. The smallest absolute Gasteiger partial charge is 0.289 e. The molecule has 0 atom stereocenters. The van der Waals surface area contributed by atoms with Gasteiger partial charge in [0.15, 0.2) is 0 Å². The summed E-state index contributed by atoms with van der Waals surface area (Å²) in [6, 6.07) is 21.4. The van der Waals surface area contributed by atoms with E-state index in [2.05, 4.69) is 20.7 Å². The Morgan fingerprint density at radius 3 is 2.69 bits per heavy atom. The molecule has 6 heteroatoms. The number of hydrogen-bond donors (Lipinski definition) is 2. The Labute approximate surface area is 168 Å². The standard InChI is InChI=1S/C23H20N4O2/c1-15-7-9-16(10-8-15)14-24-27-23(28)20-13-19(25-26-20)22-18-6-4-3-5-17(18)11-12-21(22)29-2/h3-14H,1-2H3,(H,25,26)(H,27,28). The van der Waals surface area contributed by atoms with Gasteiger partial charge in [0.1, 0.15) is 11.4 Å². The van der Waals surface area contributed by atoms with E-state index in [1.165, 1.54) is 5.56 Å². The number of carbonyl (C=O) groups excluding carboxylic acids is 1. The number of fused-ring (bicyclic) bond motifs is 1. The van der Waals surface area contributed by atoms with Crippen LogP contribution in [-0.4, -0.2) is 29.4 Å². The van der Waals surface area contributed by atoms with E-state index in [9.17, 15) is 4.79 Å². The number of amides is 1. The fraction of sp³-hybridized carbons (Fsp3) is 0.0870. The van der Waals surface area contributed by atoms with Crippen LogP contribution in [0.25, 0.3) is 22.0 Å². The zero-order valence-electron chi connectivity index (χ0n) is 16.1. The van der Waals surface area contributed by atoms with Crippen molar-refractivity contribution in [2.45, 2.75) is 6.92 Å².